The predicted molar refractivity (Wildman–Crippen MR) is 95.9 cm³/mol. The second-order valence-electron chi connectivity index (χ2n) is 6.00. The second-order valence-corrected chi connectivity index (χ2v) is 6.86. The van der Waals surface area contributed by atoms with Crippen LogP contribution in [0.4, 0.5) is 5.69 Å². The highest BCUT2D eigenvalue weighted by Crippen LogP contribution is 2.24. The third-order valence-corrected chi connectivity index (χ3v) is 5.00. The summed E-state index contributed by atoms with van der Waals surface area (Å²) in [6.45, 7) is 8.89. The zero-order chi connectivity index (χ0) is 15.8. The molecule has 1 saturated heterocycles. The van der Waals surface area contributed by atoms with Gasteiger partial charge in [-0.2, -0.15) is 5.48 Å². The van der Waals surface area contributed by atoms with Gasteiger partial charge in [0.1, 0.15) is 12.2 Å². The van der Waals surface area contributed by atoms with E-state index in [2.05, 4.69) is 48.5 Å². The highest BCUT2D eigenvalue weighted by molar-refractivity contribution is 7.96. The van der Waals surface area contributed by atoms with Crippen molar-refractivity contribution in [1.82, 2.24) is 10.4 Å². The molecule has 0 saturated carbocycles. The van der Waals surface area contributed by atoms with Crippen LogP contribution >= 0.6 is 12.2 Å². The summed E-state index contributed by atoms with van der Waals surface area (Å²) in [5, 5.41) is 0. The Bertz CT molecular complexity index is 420. The van der Waals surface area contributed by atoms with Crippen molar-refractivity contribution in [3.63, 3.8) is 0 Å². The Hall–Kier alpha value is -0.750. The van der Waals surface area contributed by atoms with Crippen molar-refractivity contribution >= 4 is 17.9 Å². The quantitative estimate of drug-likeness (QED) is 0.323. The Labute approximate surface area is 139 Å². The first-order valence-corrected chi connectivity index (χ1v) is 9.03. The lowest BCUT2D eigenvalue weighted by molar-refractivity contribution is 0.211. The van der Waals surface area contributed by atoms with Gasteiger partial charge < -0.3 is 4.90 Å². The molecule has 0 amide bonds. The molecular weight excluding hydrogens is 294 g/mol. The molecule has 1 unspecified atom stereocenters. The smallest absolute Gasteiger partial charge is 0.135 e. The van der Waals surface area contributed by atoms with E-state index in [9.17, 15) is 0 Å². The van der Waals surface area contributed by atoms with Crippen LogP contribution in [0.15, 0.2) is 24.3 Å². The second kappa shape index (κ2) is 9.40. The molecule has 1 N–H and O–H groups in total. The van der Waals surface area contributed by atoms with Crippen LogP contribution < -0.4 is 9.79 Å². The zero-order valence-electron chi connectivity index (χ0n) is 14.0. The average Bonchev–Trinajstić information content (AvgIpc) is 3.07. The molecule has 1 fully saturated rings. The van der Waals surface area contributed by atoms with Gasteiger partial charge in [-0.25, -0.2) is 4.28 Å². The van der Waals surface area contributed by atoms with Gasteiger partial charge in [-0.05, 0) is 56.0 Å². The summed E-state index contributed by atoms with van der Waals surface area (Å²) >= 11 is 1.34. The number of nitrogens with one attached hydrogen (secondary N) is 1. The van der Waals surface area contributed by atoms with E-state index >= 15 is 0 Å². The lowest BCUT2D eigenvalue weighted by atomic mass is 9.99. The fraction of sp³-hybridized carbons (Fsp3) is 0.647. The number of benzene rings is 1. The first-order valence-electron chi connectivity index (χ1n) is 8.33. The molecular formula is C17H29N3OS. The lowest BCUT2D eigenvalue weighted by Crippen LogP contribution is -2.29. The van der Waals surface area contributed by atoms with E-state index in [1.807, 2.05) is 11.4 Å². The SMILES string of the molecule is CCC(C)c1ccc(N(C)SONCCN2CCCC2)cc1. The summed E-state index contributed by atoms with van der Waals surface area (Å²) in [7, 11) is 2.02. The Balaban J connectivity index is 1.64. The van der Waals surface area contributed by atoms with Gasteiger partial charge in [-0.3, -0.25) is 4.31 Å². The number of hydroxylamine groups is 1. The number of anilines is 1. The van der Waals surface area contributed by atoms with E-state index in [4.69, 9.17) is 4.28 Å². The molecule has 1 aliphatic rings. The van der Waals surface area contributed by atoms with E-state index in [1.165, 1.54) is 50.1 Å². The topological polar surface area (TPSA) is 27.7 Å². The summed E-state index contributed by atoms with van der Waals surface area (Å²) in [5.41, 5.74) is 5.58. The van der Waals surface area contributed by atoms with Crippen molar-refractivity contribution in [1.29, 1.82) is 0 Å². The van der Waals surface area contributed by atoms with Crippen molar-refractivity contribution in [2.75, 3.05) is 37.5 Å². The van der Waals surface area contributed by atoms with Gasteiger partial charge in [0.2, 0.25) is 0 Å². The molecule has 0 aromatic heterocycles. The van der Waals surface area contributed by atoms with Crippen molar-refractivity contribution in [2.45, 2.75) is 39.0 Å². The molecule has 0 radical (unpaired) electrons. The van der Waals surface area contributed by atoms with E-state index in [0.29, 0.717) is 5.92 Å². The monoisotopic (exact) mass is 323 g/mol. The number of rotatable bonds is 9. The normalized spacial score (nSPS) is 16.9. The van der Waals surface area contributed by atoms with Crippen LogP contribution in [0.25, 0.3) is 0 Å². The van der Waals surface area contributed by atoms with Crippen LogP contribution in [0.2, 0.25) is 0 Å². The van der Waals surface area contributed by atoms with Crippen LogP contribution in [0, 0.1) is 0 Å². The van der Waals surface area contributed by atoms with Crippen LogP contribution in [-0.4, -0.2) is 38.1 Å². The lowest BCUT2D eigenvalue weighted by Gasteiger charge is -2.19. The fourth-order valence-corrected chi connectivity index (χ4v) is 3.08. The molecule has 22 heavy (non-hydrogen) atoms. The molecule has 1 heterocycles. The Morgan fingerprint density at radius 3 is 2.59 bits per heavy atom. The van der Waals surface area contributed by atoms with Crippen LogP contribution in [-0.2, 0) is 4.28 Å². The molecule has 1 aromatic carbocycles. The Morgan fingerprint density at radius 1 is 1.27 bits per heavy atom. The number of hydrogen-bond acceptors (Lipinski definition) is 5. The average molecular weight is 324 g/mol. The van der Waals surface area contributed by atoms with Crippen molar-refractivity contribution in [3.8, 4) is 0 Å². The van der Waals surface area contributed by atoms with Crippen LogP contribution in [0.3, 0.4) is 0 Å². The minimum Gasteiger partial charge on any atom is -0.302 e. The molecule has 5 heteroatoms. The third kappa shape index (κ3) is 5.47. The summed E-state index contributed by atoms with van der Waals surface area (Å²) in [4.78, 5) is 2.47. The van der Waals surface area contributed by atoms with Crippen LogP contribution in [0.5, 0.6) is 0 Å². The van der Waals surface area contributed by atoms with E-state index < -0.39 is 0 Å². The molecule has 1 aliphatic heterocycles. The Kier molecular flexibility index (Phi) is 7.52. The molecule has 4 nitrogen and oxygen atoms in total. The van der Waals surface area contributed by atoms with Gasteiger partial charge in [0.25, 0.3) is 0 Å². The first kappa shape index (κ1) is 17.6. The van der Waals surface area contributed by atoms with E-state index in [-0.39, 0.29) is 0 Å². The van der Waals surface area contributed by atoms with Gasteiger partial charge in [-0.15, -0.1) is 0 Å². The van der Waals surface area contributed by atoms with Gasteiger partial charge in [-0.1, -0.05) is 26.0 Å². The number of likely N-dealkylation sites (tertiary alicyclic amines) is 1. The van der Waals surface area contributed by atoms with E-state index in [0.717, 1.165) is 18.8 Å². The molecule has 0 bridgehead atoms. The largest absolute Gasteiger partial charge is 0.302 e. The summed E-state index contributed by atoms with van der Waals surface area (Å²) < 4.78 is 7.51. The maximum atomic E-state index is 5.47. The van der Waals surface area contributed by atoms with Crippen molar-refractivity contribution < 1.29 is 4.28 Å². The summed E-state index contributed by atoms with van der Waals surface area (Å²) in [6.07, 6.45) is 3.85. The number of nitrogens with zero attached hydrogens (tertiary/aromatic N) is 2. The highest BCUT2D eigenvalue weighted by Gasteiger charge is 2.10. The minimum absolute atomic E-state index is 0.621. The summed E-state index contributed by atoms with van der Waals surface area (Å²) in [6, 6.07) is 8.73. The van der Waals surface area contributed by atoms with E-state index in [1.54, 1.807) is 0 Å². The van der Waals surface area contributed by atoms with Crippen molar-refractivity contribution in [2.24, 2.45) is 0 Å². The Morgan fingerprint density at radius 2 is 1.95 bits per heavy atom. The third-order valence-electron chi connectivity index (χ3n) is 4.37. The van der Waals surface area contributed by atoms with Gasteiger partial charge in [0.05, 0.1) is 0 Å². The molecule has 2 rings (SSSR count). The minimum atomic E-state index is 0.621. The van der Waals surface area contributed by atoms with Gasteiger partial charge >= 0.3 is 0 Å². The fourth-order valence-electron chi connectivity index (χ4n) is 2.63. The zero-order valence-corrected chi connectivity index (χ0v) is 14.9. The predicted octanol–water partition coefficient (Wildman–Crippen LogP) is 3.82. The van der Waals surface area contributed by atoms with Gasteiger partial charge in [0, 0.05) is 25.8 Å². The highest BCUT2D eigenvalue weighted by atomic mass is 32.2. The maximum Gasteiger partial charge on any atom is 0.135 e. The molecule has 124 valence electrons. The molecule has 1 atom stereocenters. The number of hydrogen-bond donors (Lipinski definition) is 1. The van der Waals surface area contributed by atoms with Crippen LogP contribution in [0.1, 0.15) is 44.6 Å². The van der Waals surface area contributed by atoms with Crippen molar-refractivity contribution in [3.05, 3.63) is 29.8 Å². The first-order chi connectivity index (χ1) is 10.7. The standard InChI is InChI=1S/C17H29N3OS/c1-4-15(2)16-7-9-17(10-8-16)19(3)22-21-18-11-14-20-12-5-6-13-20/h7-10,15,18H,4-6,11-14H2,1-3H3. The van der Waals surface area contributed by atoms with Gasteiger partial charge in [0.15, 0.2) is 0 Å². The summed E-state index contributed by atoms with van der Waals surface area (Å²) in [5.74, 6) is 0.621. The molecule has 1 aromatic rings. The molecule has 0 aliphatic carbocycles. The molecule has 0 spiro atoms. The maximum absolute atomic E-state index is 5.47.